The van der Waals surface area contributed by atoms with Gasteiger partial charge in [0.2, 0.25) is 11.5 Å². The Morgan fingerprint density at radius 1 is 1.07 bits per heavy atom. The summed E-state index contributed by atoms with van der Waals surface area (Å²) in [6.45, 7) is 8.57. The molecule has 0 amide bonds. The second-order valence-corrected chi connectivity index (χ2v) is 9.65. The van der Waals surface area contributed by atoms with E-state index in [2.05, 4.69) is 14.9 Å². The maximum Gasteiger partial charge on any atom is 0.387 e. The van der Waals surface area contributed by atoms with Crippen molar-refractivity contribution in [1.82, 2.24) is 19.4 Å². The number of benzene rings is 1. The predicted octanol–water partition coefficient (Wildman–Crippen LogP) is 3.87. The van der Waals surface area contributed by atoms with Gasteiger partial charge in [-0.2, -0.15) is 13.3 Å². The molecule has 3 rings (SSSR count). The highest BCUT2D eigenvalue weighted by Crippen LogP contribution is 2.40. The van der Waals surface area contributed by atoms with Crippen molar-refractivity contribution in [2.24, 2.45) is 0 Å². The largest absolute Gasteiger partial charge is 0.493 e. The van der Waals surface area contributed by atoms with Gasteiger partial charge in [-0.15, -0.1) is 22.6 Å². The van der Waals surface area contributed by atoms with E-state index in [0.29, 0.717) is 23.5 Å². The number of carbonyl (C=O) groups excluding carboxylic acids is 1. The lowest BCUT2D eigenvalue weighted by Gasteiger charge is -2.25. The summed E-state index contributed by atoms with van der Waals surface area (Å²) in [5.74, 6) is 0.210. The van der Waals surface area contributed by atoms with Crippen molar-refractivity contribution in [2.45, 2.75) is 59.1 Å². The third-order valence-electron chi connectivity index (χ3n) is 5.74. The van der Waals surface area contributed by atoms with Crippen molar-refractivity contribution in [1.29, 1.82) is 5.41 Å². The Morgan fingerprint density at radius 3 is 2.35 bits per heavy atom. The van der Waals surface area contributed by atoms with Crippen molar-refractivity contribution in [3.8, 4) is 17.4 Å². The Labute approximate surface area is 236 Å². The molecule has 0 spiro atoms. The molecule has 14 heteroatoms. The van der Waals surface area contributed by atoms with Gasteiger partial charge in [0, 0.05) is 30.2 Å². The highest BCUT2D eigenvalue weighted by atomic mass is 35.5. The molecule has 0 aliphatic heterocycles. The van der Waals surface area contributed by atoms with Gasteiger partial charge in [0.15, 0.2) is 22.9 Å². The Balaban J connectivity index is 0.00000560. The number of ketones is 1. The minimum absolute atomic E-state index is 0. The molecular formula is C26H36ClF2N5O6. The van der Waals surface area contributed by atoms with Gasteiger partial charge in [0.1, 0.15) is 12.1 Å². The highest BCUT2D eigenvalue weighted by molar-refractivity contribution is 5.97. The fourth-order valence-corrected chi connectivity index (χ4v) is 3.91. The zero-order chi connectivity index (χ0) is 29.0. The molecule has 0 aliphatic carbocycles. The summed E-state index contributed by atoms with van der Waals surface area (Å²) in [5, 5.41) is 25.9. The monoisotopic (exact) mass is 587 g/mol. The number of Topliss-reactive ketones (excluding diaryl/α,β-unsaturated/α-hetero) is 1. The first kappa shape index (κ1) is 32.9. The molecular weight excluding hydrogens is 552 g/mol. The minimum Gasteiger partial charge on any atom is -0.493 e. The summed E-state index contributed by atoms with van der Waals surface area (Å²) >= 11 is 0. The summed E-state index contributed by atoms with van der Waals surface area (Å²) in [6.07, 6.45) is -3.35. The number of aliphatic hydroxyl groups excluding tert-OH is 1. The number of halogens is 3. The minimum atomic E-state index is -3.73. The zero-order valence-electron chi connectivity index (χ0n) is 23.4. The van der Waals surface area contributed by atoms with E-state index in [1.807, 2.05) is 20.8 Å². The lowest BCUT2D eigenvalue weighted by Crippen LogP contribution is -2.27. The van der Waals surface area contributed by atoms with Crippen LogP contribution in [0, 0.1) is 5.41 Å². The van der Waals surface area contributed by atoms with E-state index < -0.39 is 35.0 Å². The summed E-state index contributed by atoms with van der Waals surface area (Å²) in [6, 6.07) is 4.22. The van der Waals surface area contributed by atoms with Crippen LogP contribution in [0.3, 0.4) is 0 Å². The van der Waals surface area contributed by atoms with E-state index in [4.69, 9.17) is 24.7 Å². The average Bonchev–Trinajstić information content (AvgIpc) is 3.17. The van der Waals surface area contributed by atoms with Crippen LogP contribution in [0.1, 0.15) is 62.5 Å². The molecule has 2 aromatic heterocycles. The Hall–Kier alpha value is -3.29. The summed E-state index contributed by atoms with van der Waals surface area (Å²) in [7, 11) is 1.50. The molecule has 2 N–H and O–H groups in total. The van der Waals surface area contributed by atoms with Crippen LogP contribution in [-0.2, 0) is 22.8 Å². The van der Waals surface area contributed by atoms with Crippen LogP contribution >= 0.6 is 12.4 Å². The first-order chi connectivity index (χ1) is 18.4. The predicted molar refractivity (Wildman–Crippen MR) is 144 cm³/mol. The van der Waals surface area contributed by atoms with Crippen LogP contribution in [0.25, 0.3) is 5.65 Å². The topological polar surface area (TPSA) is 133 Å². The van der Waals surface area contributed by atoms with Crippen LogP contribution in [0.4, 0.5) is 8.78 Å². The van der Waals surface area contributed by atoms with E-state index in [1.165, 1.54) is 20.1 Å². The smallest absolute Gasteiger partial charge is 0.387 e. The van der Waals surface area contributed by atoms with E-state index in [1.54, 1.807) is 13.0 Å². The third-order valence-corrected chi connectivity index (χ3v) is 5.74. The molecule has 0 saturated carbocycles. The molecule has 0 saturated heterocycles. The van der Waals surface area contributed by atoms with Crippen LogP contribution in [0.15, 0.2) is 18.2 Å². The number of aromatic nitrogens is 4. The van der Waals surface area contributed by atoms with Crippen LogP contribution in [0.2, 0.25) is 0 Å². The van der Waals surface area contributed by atoms with Crippen molar-refractivity contribution in [3.05, 3.63) is 40.5 Å². The van der Waals surface area contributed by atoms with Crippen molar-refractivity contribution >= 4 is 23.8 Å². The molecule has 0 bridgehead atoms. The number of alkyl halides is 2. The van der Waals surface area contributed by atoms with Crippen LogP contribution in [-0.4, -0.2) is 63.8 Å². The first-order valence-corrected chi connectivity index (χ1v) is 12.6. The number of rotatable bonds is 13. The van der Waals surface area contributed by atoms with Gasteiger partial charge in [0.05, 0.1) is 26.9 Å². The Bertz CT molecular complexity index is 1390. The molecule has 11 nitrogen and oxygen atoms in total. The number of carbonyl (C=O) groups is 1. The number of methoxy groups -OCH3 is 1. The van der Waals surface area contributed by atoms with E-state index in [-0.39, 0.29) is 55.9 Å². The number of fused-ring (bicyclic) bond motifs is 1. The average molecular weight is 588 g/mol. The number of hydrogen-bond acceptors (Lipinski definition) is 9. The van der Waals surface area contributed by atoms with Gasteiger partial charge in [-0.1, -0.05) is 20.8 Å². The fourth-order valence-electron chi connectivity index (χ4n) is 3.91. The van der Waals surface area contributed by atoms with Crippen LogP contribution in [0.5, 0.6) is 17.4 Å². The van der Waals surface area contributed by atoms with Gasteiger partial charge in [0.25, 0.3) is 0 Å². The van der Waals surface area contributed by atoms with Crippen LogP contribution < -0.4 is 19.8 Å². The molecule has 0 radical (unpaired) electrons. The second kappa shape index (κ2) is 13.4. The van der Waals surface area contributed by atoms with Gasteiger partial charge in [-0.3, -0.25) is 10.2 Å². The van der Waals surface area contributed by atoms with Gasteiger partial charge >= 0.3 is 6.11 Å². The quantitative estimate of drug-likeness (QED) is 0.227. The molecule has 222 valence electrons. The van der Waals surface area contributed by atoms with E-state index in [9.17, 15) is 13.6 Å². The van der Waals surface area contributed by atoms with Crippen molar-refractivity contribution < 1.29 is 37.6 Å². The molecule has 3 aromatic rings. The number of nitrogens with one attached hydrogen (secondary N) is 1. The maximum absolute atomic E-state index is 14.8. The highest BCUT2D eigenvalue weighted by Gasteiger charge is 2.37. The molecule has 0 unspecified atom stereocenters. The molecule has 0 aliphatic rings. The Kier molecular flexibility index (Phi) is 11.0. The second-order valence-electron chi connectivity index (χ2n) is 9.65. The molecule has 1 aromatic carbocycles. The number of ether oxygens (including phenoxy) is 4. The third kappa shape index (κ3) is 7.07. The normalized spacial score (nSPS) is 11.8. The van der Waals surface area contributed by atoms with Gasteiger partial charge in [-0.05, 0) is 31.4 Å². The van der Waals surface area contributed by atoms with Gasteiger partial charge in [-0.25, -0.2) is 4.68 Å². The zero-order valence-corrected chi connectivity index (χ0v) is 24.2. The number of aliphatic hydroxyl groups is 1. The van der Waals surface area contributed by atoms with Crippen molar-refractivity contribution in [2.75, 3.05) is 33.5 Å². The lowest BCUT2D eigenvalue weighted by atomic mass is 9.84. The van der Waals surface area contributed by atoms with E-state index in [0.717, 1.165) is 15.3 Å². The summed E-state index contributed by atoms with van der Waals surface area (Å²) in [4.78, 5) is 13.5. The summed E-state index contributed by atoms with van der Waals surface area (Å²) < 4.78 is 52.9. The van der Waals surface area contributed by atoms with Gasteiger partial charge < -0.3 is 24.1 Å². The SMILES string of the molecule is CCOc1cc(C(F)(F)OCC)c2nn(CC(=O)c3cc(OCCCO)c(OC)c(C(C)(C)C)c3)c(=N)n2n1.Cl. The molecule has 0 fully saturated rings. The van der Waals surface area contributed by atoms with Crippen molar-refractivity contribution in [3.63, 3.8) is 0 Å². The lowest BCUT2D eigenvalue weighted by molar-refractivity contribution is -0.245. The first-order valence-electron chi connectivity index (χ1n) is 12.6. The maximum atomic E-state index is 14.8. The standard InChI is InChI=1S/C26H35F2N5O6.ClH/c1-7-37-21-14-18(26(27,28)39-8-2)23-31-32(24(29)33(23)30-21)15-19(35)16-12-17(25(3,4)5)22(36-6)20(13-16)38-11-9-10-34;/h12-14,29,34H,7-11,15H2,1-6H3;1H. The fraction of sp³-hybridized carbons (Fsp3) is 0.538. The molecule has 0 atom stereocenters. The molecule has 40 heavy (non-hydrogen) atoms. The molecule has 2 heterocycles. The van der Waals surface area contributed by atoms with E-state index >= 15 is 0 Å². The Morgan fingerprint density at radius 2 is 1.77 bits per heavy atom. The number of hydrogen-bond donors (Lipinski definition) is 2. The number of nitrogens with zero attached hydrogens (tertiary/aromatic N) is 4. The summed E-state index contributed by atoms with van der Waals surface area (Å²) in [5.41, 5.74) is -0.840.